The van der Waals surface area contributed by atoms with Crippen LogP contribution >= 0.6 is 0 Å². The van der Waals surface area contributed by atoms with Gasteiger partial charge in [0.2, 0.25) is 0 Å². The van der Waals surface area contributed by atoms with E-state index < -0.39 is 0 Å². The van der Waals surface area contributed by atoms with Gasteiger partial charge in [-0.05, 0) is 31.3 Å². The summed E-state index contributed by atoms with van der Waals surface area (Å²) in [7, 11) is 0. The van der Waals surface area contributed by atoms with Gasteiger partial charge in [0.15, 0.2) is 0 Å². The van der Waals surface area contributed by atoms with Crippen molar-refractivity contribution in [2.45, 2.75) is 32.6 Å². The predicted molar refractivity (Wildman–Crippen MR) is 37.9 cm³/mol. The number of allylic oxidation sites excluding steroid dienone is 2. The van der Waals surface area contributed by atoms with Crippen LogP contribution in [0, 0.1) is 17.9 Å². The third-order valence-corrected chi connectivity index (χ3v) is 2.61. The van der Waals surface area contributed by atoms with Crippen molar-refractivity contribution in [3.05, 3.63) is 11.6 Å². The van der Waals surface area contributed by atoms with Crippen molar-refractivity contribution in [1.82, 2.24) is 0 Å². The standard InChI is InChI=1S/C9H13/c1-2-7-4-3-5-8-6-9(7)8/h7-8H,2-5H2,1H3. The Bertz CT molecular complexity index is 144. The highest BCUT2D eigenvalue weighted by Gasteiger charge is 2.34. The number of rotatable bonds is 1. The first kappa shape index (κ1) is 5.52. The van der Waals surface area contributed by atoms with E-state index in [1.807, 2.05) is 0 Å². The molecule has 2 atom stereocenters. The second-order valence-electron chi connectivity index (χ2n) is 3.19. The van der Waals surface area contributed by atoms with Gasteiger partial charge in [0.1, 0.15) is 0 Å². The van der Waals surface area contributed by atoms with Gasteiger partial charge in [-0.3, -0.25) is 0 Å². The lowest BCUT2D eigenvalue weighted by atomic mass is 9.87. The molecule has 0 bridgehead atoms. The van der Waals surface area contributed by atoms with Gasteiger partial charge in [-0.15, -0.1) is 0 Å². The van der Waals surface area contributed by atoms with Gasteiger partial charge in [0.25, 0.3) is 0 Å². The van der Waals surface area contributed by atoms with Crippen LogP contribution in [0.4, 0.5) is 0 Å². The number of hydrogen-bond donors (Lipinski definition) is 0. The molecule has 0 nitrogen and oxygen atoms in total. The van der Waals surface area contributed by atoms with Crippen LogP contribution in [0.15, 0.2) is 5.57 Å². The Balaban J connectivity index is 1.99. The summed E-state index contributed by atoms with van der Waals surface area (Å²) in [6, 6.07) is 0. The van der Waals surface area contributed by atoms with Crippen LogP contribution < -0.4 is 0 Å². The van der Waals surface area contributed by atoms with Gasteiger partial charge >= 0.3 is 0 Å². The third-order valence-electron chi connectivity index (χ3n) is 2.61. The summed E-state index contributed by atoms with van der Waals surface area (Å²) >= 11 is 0. The third kappa shape index (κ3) is 0.810. The summed E-state index contributed by atoms with van der Waals surface area (Å²) in [4.78, 5) is 0. The highest BCUT2D eigenvalue weighted by molar-refractivity contribution is 5.27. The molecule has 0 aromatic rings. The molecule has 49 valence electrons. The molecule has 1 saturated carbocycles. The van der Waals surface area contributed by atoms with E-state index in [0.29, 0.717) is 0 Å². The van der Waals surface area contributed by atoms with Gasteiger partial charge in [0, 0.05) is 5.92 Å². The maximum Gasteiger partial charge on any atom is 0.00599 e. The quantitative estimate of drug-likeness (QED) is 0.500. The molecule has 1 radical (unpaired) electrons. The molecule has 0 heterocycles. The summed E-state index contributed by atoms with van der Waals surface area (Å²) in [5.74, 6) is 1.78. The van der Waals surface area contributed by atoms with Gasteiger partial charge in [0.05, 0.1) is 0 Å². The molecule has 1 fully saturated rings. The molecule has 9 heavy (non-hydrogen) atoms. The molecular weight excluding hydrogens is 108 g/mol. The number of hydrogen-bond acceptors (Lipinski definition) is 0. The van der Waals surface area contributed by atoms with Crippen LogP contribution in [0.2, 0.25) is 0 Å². The first-order valence-corrected chi connectivity index (χ1v) is 4.05. The van der Waals surface area contributed by atoms with Crippen LogP contribution in [-0.2, 0) is 0 Å². The Morgan fingerprint density at radius 2 is 2.44 bits per heavy atom. The smallest absolute Gasteiger partial charge is 0.00599 e. The van der Waals surface area contributed by atoms with Gasteiger partial charge in [-0.1, -0.05) is 18.9 Å². The van der Waals surface area contributed by atoms with Gasteiger partial charge in [-0.25, -0.2) is 0 Å². The molecule has 0 saturated heterocycles. The molecule has 0 N–H and O–H groups in total. The van der Waals surface area contributed by atoms with Crippen LogP contribution in [0.3, 0.4) is 0 Å². The van der Waals surface area contributed by atoms with Crippen LogP contribution in [0.5, 0.6) is 0 Å². The Morgan fingerprint density at radius 3 is 3.11 bits per heavy atom. The van der Waals surface area contributed by atoms with E-state index in [1.54, 1.807) is 5.57 Å². The monoisotopic (exact) mass is 121 g/mol. The average Bonchev–Trinajstić information content (AvgIpc) is 2.64. The second kappa shape index (κ2) is 1.86. The molecule has 0 aromatic carbocycles. The van der Waals surface area contributed by atoms with Crippen molar-refractivity contribution in [3.63, 3.8) is 0 Å². The lowest BCUT2D eigenvalue weighted by Gasteiger charge is -2.17. The van der Waals surface area contributed by atoms with Gasteiger partial charge in [-0.2, -0.15) is 0 Å². The van der Waals surface area contributed by atoms with Crippen LogP contribution in [0.25, 0.3) is 0 Å². The SMILES string of the molecule is CCC1CCCC2[C]=C21. The zero-order valence-electron chi connectivity index (χ0n) is 5.98. The van der Waals surface area contributed by atoms with E-state index in [0.717, 1.165) is 11.8 Å². The number of fused-ring (bicyclic) bond motifs is 1. The van der Waals surface area contributed by atoms with E-state index >= 15 is 0 Å². The molecule has 0 spiro atoms. The molecule has 0 aliphatic heterocycles. The molecule has 2 aliphatic rings. The molecule has 0 amide bonds. The first-order chi connectivity index (χ1) is 4.42. The molecule has 2 unspecified atom stereocenters. The Labute approximate surface area is 57.0 Å². The summed E-state index contributed by atoms with van der Waals surface area (Å²) < 4.78 is 0. The largest absolute Gasteiger partial charge is 0.0648 e. The molecule has 2 rings (SSSR count). The molecular formula is C9H13. The molecule has 2 aliphatic carbocycles. The van der Waals surface area contributed by atoms with E-state index in [4.69, 9.17) is 0 Å². The molecule has 0 aromatic heterocycles. The van der Waals surface area contributed by atoms with E-state index in [-0.39, 0.29) is 0 Å². The fraction of sp³-hybridized carbons (Fsp3) is 0.778. The van der Waals surface area contributed by atoms with Crippen molar-refractivity contribution < 1.29 is 0 Å². The lowest BCUT2D eigenvalue weighted by Crippen LogP contribution is -2.05. The minimum atomic E-state index is 0.851. The van der Waals surface area contributed by atoms with Gasteiger partial charge < -0.3 is 0 Å². The maximum atomic E-state index is 3.45. The Hall–Kier alpha value is -0.260. The summed E-state index contributed by atoms with van der Waals surface area (Å²) in [5, 5.41) is 0. The summed E-state index contributed by atoms with van der Waals surface area (Å²) in [6.45, 7) is 2.29. The minimum absolute atomic E-state index is 0.851. The fourth-order valence-corrected chi connectivity index (χ4v) is 1.94. The van der Waals surface area contributed by atoms with Crippen LogP contribution in [-0.4, -0.2) is 0 Å². The minimum Gasteiger partial charge on any atom is -0.0648 e. The fourth-order valence-electron chi connectivity index (χ4n) is 1.94. The predicted octanol–water partition coefficient (Wildman–Crippen LogP) is 2.56. The van der Waals surface area contributed by atoms with Crippen molar-refractivity contribution in [2.24, 2.45) is 11.8 Å². The second-order valence-corrected chi connectivity index (χ2v) is 3.19. The van der Waals surface area contributed by atoms with Crippen molar-refractivity contribution >= 4 is 0 Å². The van der Waals surface area contributed by atoms with Crippen LogP contribution in [0.1, 0.15) is 32.6 Å². The first-order valence-electron chi connectivity index (χ1n) is 4.05. The molecule has 0 heteroatoms. The maximum absolute atomic E-state index is 3.45. The topological polar surface area (TPSA) is 0 Å². The Kier molecular flexibility index (Phi) is 1.14. The van der Waals surface area contributed by atoms with E-state index in [9.17, 15) is 0 Å². The summed E-state index contributed by atoms with van der Waals surface area (Å²) in [6.07, 6.45) is 9.09. The zero-order chi connectivity index (χ0) is 6.27. The average molecular weight is 121 g/mol. The lowest BCUT2D eigenvalue weighted by molar-refractivity contribution is 0.445. The zero-order valence-corrected chi connectivity index (χ0v) is 5.98. The van der Waals surface area contributed by atoms with Crippen molar-refractivity contribution in [2.75, 3.05) is 0 Å². The summed E-state index contributed by atoms with van der Waals surface area (Å²) in [5.41, 5.74) is 1.67. The Morgan fingerprint density at radius 1 is 1.56 bits per heavy atom. The highest BCUT2D eigenvalue weighted by Crippen LogP contribution is 2.45. The van der Waals surface area contributed by atoms with Crippen molar-refractivity contribution in [1.29, 1.82) is 0 Å². The van der Waals surface area contributed by atoms with E-state index in [1.165, 1.54) is 25.7 Å². The van der Waals surface area contributed by atoms with E-state index in [2.05, 4.69) is 13.0 Å². The van der Waals surface area contributed by atoms with Crippen molar-refractivity contribution in [3.8, 4) is 0 Å². The highest BCUT2D eigenvalue weighted by atomic mass is 14.4. The normalized spacial score (nSPS) is 39.4.